The summed E-state index contributed by atoms with van der Waals surface area (Å²) in [5, 5.41) is 2.26. The average molecular weight is 434 g/mol. The van der Waals surface area contributed by atoms with E-state index >= 15 is 0 Å². The van der Waals surface area contributed by atoms with Crippen LogP contribution in [0.15, 0.2) is 42.5 Å². The number of amides is 2. The van der Waals surface area contributed by atoms with Crippen LogP contribution in [0.25, 0.3) is 0 Å². The first kappa shape index (κ1) is 22.3. The second-order valence-electron chi connectivity index (χ2n) is 7.43. The molecular formula is C22H21F3N2O4. The smallest absolute Gasteiger partial charge is 0.416 e. The van der Waals surface area contributed by atoms with Crippen LogP contribution in [0.5, 0.6) is 0 Å². The largest absolute Gasteiger partial charge is 0.455 e. The molecular weight excluding hydrogens is 413 g/mol. The summed E-state index contributed by atoms with van der Waals surface area (Å²) >= 11 is 0. The van der Waals surface area contributed by atoms with E-state index < -0.39 is 36.1 Å². The minimum atomic E-state index is -4.54. The van der Waals surface area contributed by atoms with Gasteiger partial charge in [0.25, 0.3) is 5.91 Å². The number of aryl methyl sites for hydroxylation is 2. The highest BCUT2D eigenvalue weighted by Crippen LogP contribution is 2.31. The lowest BCUT2D eigenvalue weighted by Crippen LogP contribution is -2.28. The summed E-state index contributed by atoms with van der Waals surface area (Å²) in [6.07, 6.45) is -4.58. The molecule has 1 atom stereocenters. The quantitative estimate of drug-likeness (QED) is 0.726. The fourth-order valence-corrected chi connectivity index (χ4v) is 3.43. The summed E-state index contributed by atoms with van der Waals surface area (Å²) in [7, 11) is 0. The molecule has 1 aliphatic heterocycles. The monoisotopic (exact) mass is 434 g/mol. The van der Waals surface area contributed by atoms with Crippen molar-refractivity contribution >= 4 is 29.2 Å². The van der Waals surface area contributed by atoms with Crippen molar-refractivity contribution in [1.82, 2.24) is 0 Å². The predicted octanol–water partition coefficient (Wildman–Crippen LogP) is 3.86. The average Bonchev–Trinajstić information content (AvgIpc) is 3.07. The summed E-state index contributed by atoms with van der Waals surface area (Å²) in [6.45, 7) is 3.28. The van der Waals surface area contributed by atoms with Crippen LogP contribution in [0.2, 0.25) is 0 Å². The van der Waals surface area contributed by atoms with Crippen molar-refractivity contribution < 1.29 is 32.3 Å². The van der Waals surface area contributed by atoms with E-state index in [0.717, 1.165) is 29.3 Å². The lowest BCUT2D eigenvalue weighted by atomic mass is 10.1. The highest BCUT2D eigenvalue weighted by atomic mass is 19.4. The van der Waals surface area contributed by atoms with Gasteiger partial charge in [-0.1, -0.05) is 23.8 Å². The van der Waals surface area contributed by atoms with Gasteiger partial charge in [-0.3, -0.25) is 14.4 Å². The highest BCUT2D eigenvalue weighted by Gasteiger charge is 2.37. The topological polar surface area (TPSA) is 75.7 Å². The Bertz CT molecular complexity index is 1020. The van der Waals surface area contributed by atoms with Crippen LogP contribution in [-0.4, -0.2) is 30.9 Å². The van der Waals surface area contributed by atoms with Gasteiger partial charge in [0.2, 0.25) is 5.91 Å². The molecule has 2 amide bonds. The van der Waals surface area contributed by atoms with Gasteiger partial charge in [-0.15, -0.1) is 0 Å². The van der Waals surface area contributed by atoms with Gasteiger partial charge in [0, 0.05) is 24.3 Å². The van der Waals surface area contributed by atoms with E-state index in [1.165, 1.54) is 11.0 Å². The minimum Gasteiger partial charge on any atom is -0.455 e. The van der Waals surface area contributed by atoms with Crippen LogP contribution in [0.4, 0.5) is 24.5 Å². The van der Waals surface area contributed by atoms with Gasteiger partial charge in [-0.2, -0.15) is 13.2 Å². The SMILES string of the molecule is Cc1ccc(N2C[C@@H](C(=O)OCC(=O)Nc3cccc(C(F)(F)F)c3)CC2=O)c(C)c1. The van der Waals surface area contributed by atoms with Gasteiger partial charge in [0.05, 0.1) is 11.5 Å². The van der Waals surface area contributed by atoms with E-state index in [4.69, 9.17) is 4.74 Å². The Morgan fingerprint density at radius 3 is 2.58 bits per heavy atom. The van der Waals surface area contributed by atoms with Gasteiger partial charge < -0.3 is 15.0 Å². The minimum absolute atomic E-state index is 0.0403. The second kappa shape index (κ2) is 8.79. The maximum atomic E-state index is 12.7. The molecule has 31 heavy (non-hydrogen) atoms. The molecule has 2 aromatic rings. The number of carbonyl (C=O) groups excluding carboxylic acids is 3. The number of hydrogen-bond acceptors (Lipinski definition) is 4. The molecule has 1 fully saturated rings. The molecule has 2 aromatic carbocycles. The van der Waals surface area contributed by atoms with Crippen LogP contribution in [0.1, 0.15) is 23.1 Å². The summed E-state index contributed by atoms with van der Waals surface area (Å²) in [5.74, 6) is -2.43. The molecule has 1 N–H and O–H groups in total. The Balaban J connectivity index is 1.55. The van der Waals surface area contributed by atoms with Crippen molar-refractivity contribution in [3.8, 4) is 0 Å². The first-order chi connectivity index (χ1) is 14.5. The molecule has 0 bridgehead atoms. The summed E-state index contributed by atoms with van der Waals surface area (Å²) in [6, 6.07) is 9.76. The first-order valence-electron chi connectivity index (χ1n) is 9.56. The molecule has 1 saturated heterocycles. The normalized spacial score (nSPS) is 16.4. The fourth-order valence-electron chi connectivity index (χ4n) is 3.43. The number of carbonyl (C=O) groups is 3. The highest BCUT2D eigenvalue weighted by molar-refractivity contribution is 6.00. The predicted molar refractivity (Wildman–Crippen MR) is 107 cm³/mol. The van der Waals surface area contributed by atoms with Crippen LogP contribution >= 0.6 is 0 Å². The van der Waals surface area contributed by atoms with Crippen molar-refractivity contribution in [2.24, 2.45) is 5.92 Å². The van der Waals surface area contributed by atoms with Crippen molar-refractivity contribution in [2.45, 2.75) is 26.4 Å². The van der Waals surface area contributed by atoms with Crippen molar-refractivity contribution in [3.63, 3.8) is 0 Å². The molecule has 6 nitrogen and oxygen atoms in total. The molecule has 9 heteroatoms. The van der Waals surface area contributed by atoms with Gasteiger partial charge in [0.15, 0.2) is 6.61 Å². The molecule has 0 aliphatic carbocycles. The second-order valence-corrected chi connectivity index (χ2v) is 7.43. The molecule has 1 aliphatic rings. The maximum Gasteiger partial charge on any atom is 0.416 e. The summed E-state index contributed by atoms with van der Waals surface area (Å²) in [5.41, 5.74) is 1.71. The molecule has 0 radical (unpaired) electrons. The van der Waals surface area contributed by atoms with Gasteiger partial charge in [-0.25, -0.2) is 0 Å². The van der Waals surface area contributed by atoms with Gasteiger partial charge >= 0.3 is 12.1 Å². The fraction of sp³-hybridized carbons (Fsp3) is 0.318. The molecule has 0 aromatic heterocycles. The molecule has 164 valence electrons. The van der Waals surface area contributed by atoms with Crippen LogP contribution in [-0.2, 0) is 25.3 Å². The molecule has 0 unspecified atom stereocenters. The zero-order valence-electron chi connectivity index (χ0n) is 17.0. The molecule has 1 heterocycles. The molecule has 0 saturated carbocycles. The maximum absolute atomic E-state index is 12.7. The van der Waals surface area contributed by atoms with Gasteiger partial charge in [-0.05, 0) is 43.7 Å². The van der Waals surface area contributed by atoms with E-state index in [0.29, 0.717) is 5.69 Å². The number of nitrogens with zero attached hydrogens (tertiary/aromatic N) is 1. The van der Waals surface area contributed by atoms with E-state index in [1.807, 2.05) is 32.0 Å². The van der Waals surface area contributed by atoms with Crippen LogP contribution in [0.3, 0.4) is 0 Å². The zero-order valence-corrected chi connectivity index (χ0v) is 17.0. The van der Waals surface area contributed by atoms with Crippen molar-refractivity contribution in [2.75, 3.05) is 23.4 Å². The molecule has 0 spiro atoms. The van der Waals surface area contributed by atoms with Crippen LogP contribution < -0.4 is 10.2 Å². The van der Waals surface area contributed by atoms with Crippen molar-refractivity contribution in [3.05, 3.63) is 59.2 Å². The summed E-state index contributed by atoms with van der Waals surface area (Å²) < 4.78 is 43.2. The number of rotatable bonds is 5. The van der Waals surface area contributed by atoms with E-state index in [2.05, 4.69) is 5.32 Å². The number of esters is 1. The number of alkyl halides is 3. The third-order valence-corrected chi connectivity index (χ3v) is 4.92. The molecule has 3 rings (SSSR count). The Kier molecular flexibility index (Phi) is 6.33. The Morgan fingerprint density at radius 2 is 1.90 bits per heavy atom. The Morgan fingerprint density at radius 1 is 1.16 bits per heavy atom. The van der Waals surface area contributed by atoms with E-state index in [9.17, 15) is 27.6 Å². The number of halogens is 3. The lowest BCUT2D eigenvalue weighted by Gasteiger charge is -2.19. The number of nitrogens with one attached hydrogen (secondary N) is 1. The van der Waals surface area contributed by atoms with Crippen molar-refractivity contribution in [1.29, 1.82) is 0 Å². The Labute approximate surface area is 177 Å². The third kappa shape index (κ3) is 5.42. The summed E-state index contributed by atoms with van der Waals surface area (Å²) in [4.78, 5) is 38.2. The third-order valence-electron chi connectivity index (χ3n) is 4.92. The lowest BCUT2D eigenvalue weighted by molar-refractivity contribution is -0.151. The first-order valence-corrected chi connectivity index (χ1v) is 9.56. The Hall–Kier alpha value is -3.36. The number of ether oxygens (including phenoxy) is 1. The van der Waals surface area contributed by atoms with E-state index in [-0.39, 0.29) is 24.6 Å². The number of benzene rings is 2. The van der Waals surface area contributed by atoms with Crippen LogP contribution in [0, 0.1) is 19.8 Å². The number of hydrogen-bond donors (Lipinski definition) is 1. The zero-order chi connectivity index (χ0) is 22.8. The van der Waals surface area contributed by atoms with Gasteiger partial charge in [0.1, 0.15) is 0 Å². The number of anilines is 2. The van der Waals surface area contributed by atoms with E-state index in [1.54, 1.807) is 0 Å². The standard InChI is InChI=1S/C22H21F3N2O4/c1-13-6-7-18(14(2)8-13)27-11-15(9-20(27)29)21(30)31-12-19(28)26-17-5-3-4-16(10-17)22(23,24)25/h3-8,10,15H,9,11-12H2,1-2H3,(H,26,28)/t15-/m0/s1.